The van der Waals surface area contributed by atoms with E-state index in [9.17, 15) is 14.5 Å². The Bertz CT molecular complexity index is 977. The molecule has 1 N–H and O–H groups in total. The first-order valence-electron chi connectivity index (χ1n) is 9.16. The maximum Gasteiger partial charge on any atom is 0.271 e. The molecule has 0 aliphatic rings. The molecule has 0 unspecified atom stereocenters. The molecule has 7 heteroatoms. The zero-order valence-electron chi connectivity index (χ0n) is 15.9. The lowest BCUT2D eigenvalue weighted by molar-refractivity contribution is -0.384. The molecule has 6 nitrogen and oxygen atoms in total. The molecule has 3 aromatic carbocycles. The number of hydrogen-bond donors (Lipinski definition) is 1. The second kappa shape index (κ2) is 9.54. The molecule has 0 amide bonds. The minimum absolute atomic E-state index is 0.0366. The highest BCUT2D eigenvalue weighted by molar-refractivity contribution is 5.52. The number of nitro groups is 1. The molecular formula is C22H21FN2O4. The third kappa shape index (κ3) is 5.68. The van der Waals surface area contributed by atoms with Crippen LogP contribution >= 0.6 is 0 Å². The van der Waals surface area contributed by atoms with Gasteiger partial charge in [-0.15, -0.1) is 0 Å². The fourth-order valence-corrected chi connectivity index (χ4v) is 2.73. The van der Waals surface area contributed by atoms with Crippen molar-refractivity contribution in [3.63, 3.8) is 0 Å². The second-order valence-electron chi connectivity index (χ2n) is 6.29. The number of nitrogens with zero attached hydrogens (tertiary/aromatic N) is 1. The first kappa shape index (κ1) is 20.1. The molecule has 3 rings (SSSR count). The van der Waals surface area contributed by atoms with Gasteiger partial charge in [-0.25, -0.2) is 4.39 Å². The Morgan fingerprint density at radius 3 is 2.45 bits per heavy atom. The standard InChI is InChI=1S/C22H21FN2O4/c1-2-28-22-12-17(14-24-19-4-3-5-20(13-19)25(26)27)8-11-21(22)29-15-16-6-9-18(23)10-7-16/h3-13,24H,2,14-15H2,1H3. The Hall–Kier alpha value is -3.61. The number of rotatable bonds is 9. The number of ether oxygens (including phenoxy) is 2. The maximum absolute atomic E-state index is 13.0. The normalized spacial score (nSPS) is 10.4. The monoisotopic (exact) mass is 396 g/mol. The summed E-state index contributed by atoms with van der Waals surface area (Å²) in [7, 11) is 0. The highest BCUT2D eigenvalue weighted by Gasteiger charge is 2.09. The van der Waals surface area contributed by atoms with Crippen LogP contribution in [0.5, 0.6) is 11.5 Å². The van der Waals surface area contributed by atoms with Crippen LogP contribution in [0, 0.1) is 15.9 Å². The lowest BCUT2D eigenvalue weighted by Crippen LogP contribution is -2.03. The predicted octanol–water partition coefficient (Wildman–Crippen LogP) is 5.32. The molecule has 0 heterocycles. The van der Waals surface area contributed by atoms with Crippen LogP contribution in [0.25, 0.3) is 0 Å². The number of halogens is 1. The third-order valence-corrected chi connectivity index (χ3v) is 4.17. The fraction of sp³-hybridized carbons (Fsp3) is 0.182. The van der Waals surface area contributed by atoms with Gasteiger partial charge >= 0.3 is 0 Å². The molecule has 0 saturated heterocycles. The number of benzene rings is 3. The van der Waals surface area contributed by atoms with Gasteiger partial charge in [-0.05, 0) is 48.4 Å². The van der Waals surface area contributed by atoms with E-state index < -0.39 is 4.92 Å². The summed E-state index contributed by atoms with van der Waals surface area (Å²) in [6.45, 7) is 3.14. The highest BCUT2D eigenvalue weighted by Crippen LogP contribution is 2.30. The number of nitro benzene ring substituents is 1. The van der Waals surface area contributed by atoms with Crippen LogP contribution in [0.15, 0.2) is 66.7 Å². The summed E-state index contributed by atoms with van der Waals surface area (Å²) in [4.78, 5) is 10.5. The molecule has 0 aliphatic carbocycles. The quantitative estimate of drug-likeness (QED) is 0.391. The van der Waals surface area contributed by atoms with Gasteiger partial charge in [-0.1, -0.05) is 24.3 Å². The summed E-state index contributed by atoms with van der Waals surface area (Å²) in [5.41, 5.74) is 2.49. The van der Waals surface area contributed by atoms with Gasteiger partial charge in [0, 0.05) is 24.4 Å². The van der Waals surface area contributed by atoms with Crippen molar-refractivity contribution < 1.29 is 18.8 Å². The van der Waals surface area contributed by atoms with Gasteiger partial charge in [0.2, 0.25) is 0 Å². The van der Waals surface area contributed by atoms with E-state index in [1.807, 2.05) is 25.1 Å². The van der Waals surface area contributed by atoms with Gasteiger partial charge in [0.15, 0.2) is 11.5 Å². The summed E-state index contributed by atoms with van der Waals surface area (Å²) >= 11 is 0. The van der Waals surface area contributed by atoms with Crippen LogP contribution in [0.2, 0.25) is 0 Å². The van der Waals surface area contributed by atoms with Crippen molar-refractivity contribution in [3.8, 4) is 11.5 Å². The van der Waals surface area contributed by atoms with Gasteiger partial charge in [-0.3, -0.25) is 10.1 Å². The third-order valence-electron chi connectivity index (χ3n) is 4.17. The molecule has 3 aromatic rings. The molecule has 0 aliphatic heterocycles. The van der Waals surface area contributed by atoms with Gasteiger partial charge in [-0.2, -0.15) is 0 Å². The largest absolute Gasteiger partial charge is 0.490 e. The van der Waals surface area contributed by atoms with E-state index in [0.29, 0.717) is 36.9 Å². The van der Waals surface area contributed by atoms with E-state index in [-0.39, 0.29) is 11.5 Å². The first-order valence-corrected chi connectivity index (χ1v) is 9.16. The van der Waals surface area contributed by atoms with Crippen LogP contribution in [0.1, 0.15) is 18.1 Å². The van der Waals surface area contributed by atoms with Crippen LogP contribution in [0.4, 0.5) is 15.8 Å². The number of hydrogen-bond acceptors (Lipinski definition) is 5. The van der Waals surface area contributed by atoms with Crippen LogP contribution in [-0.2, 0) is 13.2 Å². The molecule has 0 atom stereocenters. The Labute approximate surface area is 168 Å². The average Bonchev–Trinajstić information content (AvgIpc) is 2.73. The summed E-state index contributed by atoms with van der Waals surface area (Å²) in [5, 5.41) is 14.1. The second-order valence-corrected chi connectivity index (χ2v) is 6.29. The summed E-state index contributed by atoms with van der Waals surface area (Å²) in [6, 6.07) is 18.1. The molecule has 0 aromatic heterocycles. The predicted molar refractivity (Wildman–Crippen MR) is 109 cm³/mol. The van der Waals surface area contributed by atoms with E-state index in [1.165, 1.54) is 24.3 Å². The number of anilines is 1. The molecule has 0 fully saturated rings. The molecule has 0 bridgehead atoms. The number of non-ortho nitro benzene ring substituents is 1. The molecule has 0 spiro atoms. The Kier molecular flexibility index (Phi) is 6.63. The zero-order chi connectivity index (χ0) is 20.6. The van der Waals surface area contributed by atoms with Crippen molar-refractivity contribution in [2.75, 3.05) is 11.9 Å². The Morgan fingerprint density at radius 2 is 1.72 bits per heavy atom. The minimum Gasteiger partial charge on any atom is -0.490 e. The molecule has 0 saturated carbocycles. The number of nitrogens with one attached hydrogen (secondary N) is 1. The van der Waals surface area contributed by atoms with E-state index in [0.717, 1.165) is 11.1 Å². The molecular weight excluding hydrogens is 375 g/mol. The van der Waals surface area contributed by atoms with Gasteiger partial charge in [0.05, 0.1) is 11.5 Å². The van der Waals surface area contributed by atoms with E-state index >= 15 is 0 Å². The summed E-state index contributed by atoms with van der Waals surface area (Å²) in [5.74, 6) is 0.910. The highest BCUT2D eigenvalue weighted by atomic mass is 19.1. The lowest BCUT2D eigenvalue weighted by Gasteiger charge is -2.14. The van der Waals surface area contributed by atoms with Crippen molar-refractivity contribution in [2.45, 2.75) is 20.1 Å². The zero-order valence-corrected chi connectivity index (χ0v) is 15.9. The SMILES string of the molecule is CCOc1cc(CNc2cccc([N+](=O)[O-])c2)ccc1OCc1ccc(F)cc1. The van der Waals surface area contributed by atoms with Crippen molar-refractivity contribution >= 4 is 11.4 Å². The van der Waals surface area contributed by atoms with Crippen LogP contribution in [0.3, 0.4) is 0 Å². The van der Waals surface area contributed by atoms with Crippen molar-refractivity contribution in [3.05, 3.63) is 93.8 Å². The van der Waals surface area contributed by atoms with Crippen LogP contribution in [-0.4, -0.2) is 11.5 Å². The van der Waals surface area contributed by atoms with Gasteiger partial charge in [0.25, 0.3) is 5.69 Å². The topological polar surface area (TPSA) is 73.6 Å². The van der Waals surface area contributed by atoms with Crippen LogP contribution < -0.4 is 14.8 Å². The smallest absolute Gasteiger partial charge is 0.271 e. The van der Waals surface area contributed by atoms with Crippen molar-refractivity contribution in [1.82, 2.24) is 0 Å². The Morgan fingerprint density at radius 1 is 0.966 bits per heavy atom. The Balaban J connectivity index is 1.67. The summed E-state index contributed by atoms with van der Waals surface area (Å²) < 4.78 is 24.5. The molecule has 0 radical (unpaired) electrons. The summed E-state index contributed by atoms with van der Waals surface area (Å²) in [6.07, 6.45) is 0. The van der Waals surface area contributed by atoms with Gasteiger partial charge in [0.1, 0.15) is 12.4 Å². The maximum atomic E-state index is 13.0. The molecule has 29 heavy (non-hydrogen) atoms. The fourth-order valence-electron chi connectivity index (χ4n) is 2.73. The lowest BCUT2D eigenvalue weighted by atomic mass is 10.2. The van der Waals surface area contributed by atoms with E-state index in [4.69, 9.17) is 9.47 Å². The van der Waals surface area contributed by atoms with Crippen molar-refractivity contribution in [1.29, 1.82) is 0 Å². The van der Waals surface area contributed by atoms with E-state index in [1.54, 1.807) is 24.3 Å². The van der Waals surface area contributed by atoms with Crippen molar-refractivity contribution in [2.24, 2.45) is 0 Å². The molecule has 150 valence electrons. The van der Waals surface area contributed by atoms with E-state index in [2.05, 4.69) is 5.32 Å². The van der Waals surface area contributed by atoms with Gasteiger partial charge < -0.3 is 14.8 Å². The minimum atomic E-state index is -0.425. The average molecular weight is 396 g/mol. The first-order chi connectivity index (χ1) is 14.0.